The molecule has 0 saturated carbocycles. The predicted octanol–water partition coefficient (Wildman–Crippen LogP) is 1.02. The number of rotatable bonds is 2. The van der Waals surface area contributed by atoms with E-state index in [1.807, 2.05) is 28.8 Å². The summed E-state index contributed by atoms with van der Waals surface area (Å²) in [6, 6.07) is 7.76. The van der Waals surface area contributed by atoms with E-state index in [0.29, 0.717) is 6.54 Å². The second-order valence-electron chi connectivity index (χ2n) is 5.00. The molecule has 2 aromatic rings. The van der Waals surface area contributed by atoms with Crippen LogP contribution in [0.15, 0.2) is 30.6 Å². The fourth-order valence-electron chi connectivity index (χ4n) is 2.56. The van der Waals surface area contributed by atoms with Crippen LogP contribution >= 0.6 is 0 Å². The molecule has 1 saturated heterocycles. The van der Waals surface area contributed by atoms with Crippen LogP contribution in [0.4, 0.5) is 0 Å². The molecule has 1 aliphatic heterocycles. The van der Waals surface area contributed by atoms with Crippen LogP contribution in [0.5, 0.6) is 0 Å². The van der Waals surface area contributed by atoms with Gasteiger partial charge in [0.2, 0.25) is 5.91 Å². The third-order valence-corrected chi connectivity index (χ3v) is 3.58. The van der Waals surface area contributed by atoms with Gasteiger partial charge in [0.15, 0.2) is 0 Å². The molecule has 1 amide bonds. The topological polar surface area (TPSA) is 58.4 Å². The van der Waals surface area contributed by atoms with Gasteiger partial charge < -0.3 is 14.6 Å². The van der Waals surface area contributed by atoms with E-state index in [-0.39, 0.29) is 18.6 Å². The highest BCUT2D eigenvalue weighted by Crippen LogP contribution is 2.14. The van der Waals surface area contributed by atoms with Crippen LogP contribution in [0, 0.1) is 0 Å². The summed E-state index contributed by atoms with van der Waals surface area (Å²) in [5.74, 6) is 0.0434. The Balaban J connectivity index is 1.75. The zero-order valence-corrected chi connectivity index (χ0v) is 10.7. The van der Waals surface area contributed by atoms with Crippen molar-refractivity contribution in [2.24, 2.45) is 0 Å². The van der Waals surface area contributed by atoms with Crippen LogP contribution in [-0.2, 0) is 11.3 Å². The number of carbonyl (C=O) groups excluding carboxylic acids is 1. The minimum absolute atomic E-state index is 0.0434. The molecule has 100 valence electrons. The van der Waals surface area contributed by atoms with E-state index in [4.69, 9.17) is 0 Å². The molecular formula is C14H17N3O2. The summed E-state index contributed by atoms with van der Waals surface area (Å²) in [5.41, 5.74) is 1.86. The summed E-state index contributed by atoms with van der Waals surface area (Å²) in [6.45, 7) is 1.47. The summed E-state index contributed by atoms with van der Waals surface area (Å²) < 4.78 is 1.86. The van der Waals surface area contributed by atoms with Crippen LogP contribution in [0.2, 0.25) is 0 Å². The first-order valence-electron chi connectivity index (χ1n) is 6.60. The Labute approximate surface area is 111 Å². The number of aliphatic hydroxyl groups excluding tert-OH is 1. The SMILES string of the molecule is O=C(Cn1cnc2ccccc21)N1CCC[C@H](O)C1. The summed E-state index contributed by atoms with van der Waals surface area (Å²) in [6.07, 6.45) is 2.98. The number of nitrogens with zero attached hydrogens (tertiary/aromatic N) is 3. The zero-order chi connectivity index (χ0) is 13.2. The highest BCUT2D eigenvalue weighted by molar-refractivity contribution is 5.80. The first kappa shape index (κ1) is 12.2. The maximum Gasteiger partial charge on any atom is 0.242 e. The minimum atomic E-state index is -0.378. The van der Waals surface area contributed by atoms with Crippen molar-refractivity contribution in [3.63, 3.8) is 0 Å². The zero-order valence-electron chi connectivity index (χ0n) is 10.7. The minimum Gasteiger partial charge on any atom is -0.391 e. The number of imidazole rings is 1. The van der Waals surface area contributed by atoms with Crippen molar-refractivity contribution in [3.8, 4) is 0 Å². The number of amides is 1. The monoisotopic (exact) mass is 259 g/mol. The normalized spacial score (nSPS) is 19.8. The molecular weight excluding hydrogens is 242 g/mol. The van der Waals surface area contributed by atoms with Gasteiger partial charge >= 0.3 is 0 Å². The second kappa shape index (κ2) is 5.01. The van der Waals surface area contributed by atoms with Crippen LogP contribution in [0.3, 0.4) is 0 Å². The average Bonchev–Trinajstić information content (AvgIpc) is 2.82. The Morgan fingerprint density at radius 2 is 2.26 bits per heavy atom. The molecule has 0 bridgehead atoms. The Hall–Kier alpha value is -1.88. The molecule has 0 aliphatic carbocycles. The lowest BCUT2D eigenvalue weighted by Gasteiger charge is -2.30. The largest absolute Gasteiger partial charge is 0.391 e. The molecule has 5 heteroatoms. The number of piperidine rings is 1. The molecule has 3 rings (SSSR count). The number of hydrogen-bond acceptors (Lipinski definition) is 3. The van der Waals surface area contributed by atoms with Gasteiger partial charge in [-0.15, -0.1) is 0 Å². The number of benzene rings is 1. The number of aliphatic hydroxyl groups is 1. The number of aromatic nitrogens is 2. The van der Waals surface area contributed by atoms with Gasteiger partial charge in [0.05, 0.1) is 23.5 Å². The van der Waals surface area contributed by atoms with Crippen molar-refractivity contribution in [3.05, 3.63) is 30.6 Å². The van der Waals surface area contributed by atoms with Gasteiger partial charge in [-0.3, -0.25) is 4.79 Å². The molecule has 1 aromatic carbocycles. The molecule has 5 nitrogen and oxygen atoms in total. The van der Waals surface area contributed by atoms with Gasteiger partial charge in [-0.2, -0.15) is 0 Å². The lowest BCUT2D eigenvalue weighted by Crippen LogP contribution is -2.43. The molecule has 0 radical (unpaired) electrons. The lowest BCUT2D eigenvalue weighted by molar-refractivity contribution is -0.134. The van der Waals surface area contributed by atoms with E-state index in [1.54, 1.807) is 11.2 Å². The van der Waals surface area contributed by atoms with Crippen molar-refractivity contribution >= 4 is 16.9 Å². The molecule has 1 fully saturated rings. The smallest absolute Gasteiger partial charge is 0.242 e. The summed E-state index contributed by atoms with van der Waals surface area (Å²) in [5, 5.41) is 9.61. The molecule has 19 heavy (non-hydrogen) atoms. The third-order valence-electron chi connectivity index (χ3n) is 3.58. The van der Waals surface area contributed by atoms with Crippen LogP contribution in [0.25, 0.3) is 11.0 Å². The predicted molar refractivity (Wildman–Crippen MR) is 71.6 cm³/mol. The number of fused-ring (bicyclic) bond motifs is 1. The summed E-state index contributed by atoms with van der Waals surface area (Å²) in [4.78, 5) is 18.2. The highest BCUT2D eigenvalue weighted by atomic mass is 16.3. The van der Waals surface area contributed by atoms with Gasteiger partial charge in [0, 0.05) is 13.1 Å². The third kappa shape index (κ3) is 2.46. The summed E-state index contributed by atoms with van der Waals surface area (Å²) >= 11 is 0. The maximum absolute atomic E-state index is 12.2. The lowest BCUT2D eigenvalue weighted by atomic mass is 10.1. The van der Waals surface area contributed by atoms with Gasteiger partial charge in [0.1, 0.15) is 6.54 Å². The van der Waals surface area contributed by atoms with Crippen molar-refractivity contribution in [2.75, 3.05) is 13.1 Å². The quantitative estimate of drug-likeness (QED) is 0.876. The van der Waals surface area contributed by atoms with Gasteiger partial charge in [-0.25, -0.2) is 4.98 Å². The molecule has 1 N–H and O–H groups in total. The number of para-hydroxylation sites is 2. The van der Waals surface area contributed by atoms with Crippen molar-refractivity contribution < 1.29 is 9.90 Å². The fourth-order valence-corrected chi connectivity index (χ4v) is 2.56. The number of β-amino-alcohol motifs (C(OH)–C–C–N with tert-alkyl or cyclic N) is 1. The molecule has 1 aromatic heterocycles. The van der Waals surface area contributed by atoms with Gasteiger partial charge in [-0.05, 0) is 25.0 Å². The van der Waals surface area contributed by atoms with Crippen molar-refractivity contribution in [1.82, 2.24) is 14.5 Å². The van der Waals surface area contributed by atoms with E-state index in [9.17, 15) is 9.90 Å². The molecule has 1 atom stereocenters. The van der Waals surface area contributed by atoms with Crippen LogP contribution < -0.4 is 0 Å². The fraction of sp³-hybridized carbons (Fsp3) is 0.429. The van der Waals surface area contributed by atoms with E-state index in [2.05, 4.69) is 4.98 Å². The molecule has 0 spiro atoms. The Morgan fingerprint density at radius 3 is 3.11 bits per heavy atom. The van der Waals surface area contributed by atoms with Crippen molar-refractivity contribution in [2.45, 2.75) is 25.5 Å². The number of carbonyl (C=O) groups is 1. The van der Waals surface area contributed by atoms with Gasteiger partial charge in [0.25, 0.3) is 0 Å². The van der Waals surface area contributed by atoms with Crippen LogP contribution in [-0.4, -0.2) is 44.7 Å². The molecule has 0 unspecified atom stereocenters. The van der Waals surface area contributed by atoms with E-state index in [0.717, 1.165) is 30.4 Å². The van der Waals surface area contributed by atoms with E-state index < -0.39 is 0 Å². The highest BCUT2D eigenvalue weighted by Gasteiger charge is 2.22. The Kier molecular flexibility index (Phi) is 3.21. The molecule has 2 heterocycles. The average molecular weight is 259 g/mol. The first-order valence-corrected chi connectivity index (χ1v) is 6.60. The van der Waals surface area contributed by atoms with Gasteiger partial charge in [-0.1, -0.05) is 12.1 Å². The second-order valence-corrected chi connectivity index (χ2v) is 5.00. The first-order chi connectivity index (χ1) is 9.24. The number of hydrogen-bond donors (Lipinski definition) is 1. The molecule has 1 aliphatic rings. The van der Waals surface area contributed by atoms with E-state index in [1.165, 1.54) is 0 Å². The standard InChI is InChI=1S/C14H17N3O2/c18-11-4-3-7-16(8-11)14(19)9-17-10-15-12-5-1-2-6-13(12)17/h1-2,5-6,10-11,18H,3-4,7-9H2/t11-/m0/s1. The Bertz CT molecular complexity index is 593. The number of likely N-dealkylation sites (tertiary alicyclic amines) is 1. The van der Waals surface area contributed by atoms with Crippen molar-refractivity contribution in [1.29, 1.82) is 0 Å². The summed E-state index contributed by atoms with van der Waals surface area (Å²) in [7, 11) is 0. The van der Waals surface area contributed by atoms with E-state index >= 15 is 0 Å². The van der Waals surface area contributed by atoms with Crippen LogP contribution in [0.1, 0.15) is 12.8 Å². The Morgan fingerprint density at radius 1 is 1.42 bits per heavy atom. The maximum atomic E-state index is 12.2.